The molecule has 7 nitrogen and oxygen atoms in total. The molecule has 1 amide bonds. The molecule has 0 aliphatic heterocycles. The molecule has 18 heavy (non-hydrogen) atoms. The van der Waals surface area contributed by atoms with Gasteiger partial charge in [-0.15, -0.1) is 10.2 Å². The maximum absolute atomic E-state index is 11.2. The fourth-order valence-electron chi connectivity index (χ4n) is 1.40. The minimum Gasteiger partial charge on any atom is -0.497 e. The average Bonchev–Trinajstić information content (AvgIpc) is 2.87. The number of carbonyl (C=O) groups is 1. The van der Waals surface area contributed by atoms with Crippen LogP contribution in [0, 0.1) is 0 Å². The van der Waals surface area contributed by atoms with Crippen LogP contribution in [0.4, 0.5) is 0 Å². The van der Waals surface area contributed by atoms with Gasteiger partial charge in [-0.25, -0.2) is 0 Å². The molecule has 1 N–H and O–H groups in total. The highest BCUT2D eigenvalue weighted by Gasteiger charge is 2.08. The molecule has 2 aromatic rings. The second-order valence-corrected chi connectivity index (χ2v) is 3.55. The molecule has 94 valence electrons. The average molecular weight is 247 g/mol. The van der Waals surface area contributed by atoms with Crippen LogP contribution in [-0.2, 0) is 11.3 Å². The van der Waals surface area contributed by atoms with Crippen LogP contribution in [0.15, 0.2) is 24.3 Å². The second kappa shape index (κ2) is 5.26. The van der Waals surface area contributed by atoms with E-state index in [9.17, 15) is 4.79 Å². The Hall–Kier alpha value is -2.44. The Balaban J connectivity index is 2.20. The molecule has 0 aliphatic carbocycles. The van der Waals surface area contributed by atoms with Gasteiger partial charge >= 0.3 is 0 Å². The molecule has 0 radical (unpaired) electrons. The Kier molecular flexibility index (Phi) is 3.52. The number of benzene rings is 1. The molecular formula is C11H13N5O2. The van der Waals surface area contributed by atoms with E-state index in [1.54, 1.807) is 20.2 Å². The predicted octanol–water partition coefficient (Wildman–Crippen LogP) is 0.0947. The third kappa shape index (κ3) is 2.62. The van der Waals surface area contributed by atoms with Crippen LogP contribution in [0.5, 0.6) is 5.75 Å². The number of aromatic nitrogens is 4. The lowest BCUT2D eigenvalue weighted by molar-refractivity contribution is -0.121. The Labute approximate surface area is 104 Å². The van der Waals surface area contributed by atoms with Gasteiger partial charge < -0.3 is 10.1 Å². The minimum atomic E-state index is -0.176. The Bertz CT molecular complexity index is 552. The summed E-state index contributed by atoms with van der Waals surface area (Å²) in [7, 11) is 3.15. The topological polar surface area (TPSA) is 81.9 Å². The quantitative estimate of drug-likeness (QED) is 0.828. The zero-order valence-electron chi connectivity index (χ0n) is 10.1. The first kappa shape index (κ1) is 12.0. The van der Waals surface area contributed by atoms with Crippen LogP contribution in [0.25, 0.3) is 11.4 Å². The summed E-state index contributed by atoms with van der Waals surface area (Å²) in [5.74, 6) is 0.998. The lowest BCUT2D eigenvalue weighted by Gasteiger charge is -2.00. The zero-order chi connectivity index (χ0) is 13.0. The third-order valence-corrected chi connectivity index (χ3v) is 2.34. The molecule has 0 spiro atoms. The van der Waals surface area contributed by atoms with E-state index >= 15 is 0 Å². The number of nitrogens with one attached hydrogen (secondary N) is 1. The van der Waals surface area contributed by atoms with Crippen molar-refractivity contribution in [2.75, 3.05) is 14.2 Å². The summed E-state index contributed by atoms with van der Waals surface area (Å²) >= 11 is 0. The summed E-state index contributed by atoms with van der Waals surface area (Å²) in [6.07, 6.45) is 0. The number of likely N-dealkylation sites (N-methyl/N-ethyl adjacent to an activating group) is 1. The standard InChI is InChI=1S/C11H13N5O2/c1-12-10(17)7-16-14-11(13-15-16)8-4-3-5-9(6-8)18-2/h3-6H,7H2,1-2H3,(H,12,17). The summed E-state index contributed by atoms with van der Waals surface area (Å²) in [6, 6.07) is 7.33. The van der Waals surface area contributed by atoms with E-state index in [2.05, 4.69) is 20.7 Å². The van der Waals surface area contributed by atoms with E-state index in [4.69, 9.17) is 4.74 Å². The van der Waals surface area contributed by atoms with Crippen LogP contribution in [0.1, 0.15) is 0 Å². The first-order chi connectivity index (χ1) is 8.72. The van der Waals surface area contributed by atoms with Gasteiger partial charge in [0.15, 0.2) is 0 Å². The van der Waals surface area contributed by atoms with Gasteiger partial charge in [0.25, 0.3) is 0 Å². The number of hydrogen-bond acceptors (Lipinski definition) is 5. The van der Waals surface area contributed by atoms with Crippen LogP contribution in [-0.4, -0.2) is 40.3 Å². The van der Waals surface area contributed by atoms with Crippen molar-refractivity contribution in [3.05, 3.63) is 24.3 Å². The highest BCUT2D eigenvalue weighted by molar-refractivity contribution is 5.75. The van der Waals surface area contributed by atoms with Crippen LogP contribution in [0.3, 0.4) is 0 Å². The fraction of sp³-hybridized carbons (Fsp3) is 0.273. The first-order valence-corrected chi connectivity index (χ1v) is 5.35. The van der Waals surface area contributed by atoms with Gasteiger partial charge in [0.05, 0.1) is 7.11 Å². The van der Waals surface area contributed by atoms with Crippen molar-refractivity contribution >= 4 is 5.91 Å². The Morgan fingerprint density at radius 3 is 3.06 bits per heavy atom. The predicted molar refractivity (Wildman–Crippen MR) is 63.9 cm³/mol. The number of ether oxygens (including phenoxy) is 1. The summed E-state index contributed by atoms with van der Waals surface area (Å²) < 4.78 is 5.12. The number of nitrogens with zero attached hydrogens (tertiary/aromatic N) is 4. The van der Waals surface area contributed by atoms with Gasteiger partial charge in [-0.05, 0) is 17.3 Å². The largest absolute Gasteiger partial charge is 0.497 e. The van der Waals surface area contributed by atoms with Crippen LogP contribution >= 0.6 is 0 Å². The molecule has 0 atom stereocenters. The number of rotatable bonds is 4. The Morgan fingerprint density at radius 1 is 1.50 bits per heavy atom. The van der Waals surface area contributed by atoms with E-state index in [-0.39, 0.29) is 12.5 Å². The van der Waals surface area contributed by atoms with Crippen molar-refractivity contribution in [1.29, 1.82) is 0 Å². The van der Waals surface area contributed by atoms with Crippen molar-refractivity contribution in [3.63, 3.8) is 0 Å². The smallest absolute Gasteiger partial charge is 0.243 e. The number of carbonyl (C=O) groups excluding carboxylic acids is 1. The van der Waals surface area contributed by atoms with E-state index in [1.807, 2.05) is 18.2 Å². The van der Waals surface area contributed by atoms with Crippen molar-refractivity contribution in [3.8, 4) is 17.1 Å². The number of tetrazole rings is 1. The molecule has 1 heterocycles. The van der Waals surface area contributed by atoms with Gasteiger partial charge in [0.1, 0.15) is 12.3 Å². The molecule has 2 rings (SSSR count). The van der Waals surface area contributed by atoms with E-state index in [0.29, 0.717) is 5.82 Å². The number of amides is 1. The third-order valence-electron chi connectivity index (χ3n) is 2.34. The number of methoxy groups -OCH3 is 1. The molecule has 0 aliphatic rings. The lowest BCUT2D eigenvalue weighted by Crippen LogP contribution is -2.24. The van der Waals surface area contributed by atoms with Gasteiger partial charge in [-0.3, -0.25) is 4.79 Å². The highest BCUT2D eigenvalue weighted by Crippen LogP contribution is 2.19. The van der Waals surface area contributed by atoms with Crippen molar-refractivity contribution in [2.24, 2.45) is 0 Å². The van der Waals surface area contributed by atoms with Gasteiger partial charge in [0, 0.05) is 12.6 Å². The van der Waals surface area contributed by atoms with E-state index in [0.717, 1.165) is 11.3 Å². The lowest BCUT2D eigenvalue weighted by atomic mass is 10.2. The summed E-state index contributed by atoms with van der Waals surface area (Å²) in [4.78, 5) is 12.4. The van der Waals surface area contributed by atoms with Crippen LogP contribution < -0.4 is 10.1 Å². The molecule has 0 saturated heterocycles. The van der Waals surface area contributed by atoms with Gasteiger partial charge in [0.2, 0.25) is 11.7 Å². The normalized spacial score (nSPS) is 10.1. The second-order valence-electron chi connectivity index (χ2n) is 3.55. The molecule has 0 unspecified atom stereocenters. The molecule has 1 aromatic heterocycles. The number of hydrogen-bond donors (Lipinski definition) is 1. The van der Waals surface area contributed by atoms with Crippen LogP contribution in [0.2, 0.25) is 0 Å². The maximum Gasteiger partial charge on any atom is 0.243 e. The summed E-state index contributed by atoms with van der Waals surface area (Å²) in [5, 5.41) is 14.3. The van der Waals surface area contributed by atoms with E-state index in [1.165, 1.54) is 4.80 Å². The maximum atomic E-state index is 11.2. The summed E-state index contributed by atoms with van der Waals surface area (Å²) in [5.41, 5.74) is 0.789. The molecule has 0 bridgehead atoms. The molecule has 1 aromatic carbocycles. The summed E-state index contributed by atoms with van der Waals surface area (Å²) in [6.45, 7) is 0.0491. The molecule has 0 saturated carbocycles. The molecular weight excluding hydrogens is 234 g/mol. The molecule has 7 heteroatoms. The molecule has 0 fully saturated rings. The van der Waals surface area contributed by atoms with Crippen molar-refractivity contribution in [1.82, 2.24) is 25.5 Å². The zero-order valence-corrected chi connectivity index (χ0v) is 10.1. The highest BCUT2D eigenvalue weighted by atomic mass is 16.5. The van der Waals surface area contributed by atoms with E-state index < -0.39 is 0 Å². The van der Waals surface area contributed by atoms with Gasteiger partial charge in [-0.2, -0.15) is 4.80 Å². The monoisotopic (exact) mass is 247 g/mol. The van der Waals surface area contributed by atoms with Crippen molar-refractivity contribution < 1.29 is 9.53 Å². The Morgan fingerprint density at radius 2 is 2.33 bits per heavy atom. The van der Waals surface area contributed by atoms with Gasteiger partial charge in [-0.1, -0.05) is 12.1 Å². The van der Waals surface area contributed by atoms with Crippen molar-refractivity contribution in [2.45, 2.75) is 6.54 Å². The first-order valence-electron chi connectivity index (χ1n) is 5.35. The minimum absolute atomic E-state index is 0.0491. The fourth-order valence-corrected chi connectivity index (χ4v) is 1.40. The SMILES string of the molecule is CNC(=O)Cn1nnc(-c2cccc(OC)c2)n1.